The van der Waals surface area contributed by atoms with Gasteiger partial charge in [-0.25, -0.2) is 0 Å². The van der Waals surface area contributed by atoms with Gasteiger partial charge in [-0.1, -0.05) is 47.0 Å². The molecule has 0 aromatic rings. The van der Waals surface area contributed by atoms with Crippen molar-refractivity contribution in [2.24, 2.45) is 23.0 Å². The Morgan fingerprint density at radius 2 is 1.65 bits per heavy atom. The molecular formula is C18H36N2. The van der Waals surface area contributed by atoms with Gasteiger partial charge in [0.25, 0.3) is 0 Å². The molecular weight excluding hydrogens is 244 g/mol. The number of nitrogens with zero attached hydrogens (tertiary/aromatic N) is 1. The van der Waals surface area contributed by atoms with Crippen molar-refractivity contribution in [1.29, 1.82) is 0 Å². The molecule has 1 aliphatic heterocycles. The van der Waals surface area contributed by atoms with Gasteiger partial charge >= 0.3 is 0 Å². The second kappa shape index (κ2) is 6.36. The molecule has 1 heterocycles. The predicted molar refractivity (Wildman–Crippen MR) is 87.8 cm³/mol. The number of hydrogen-bond acceptors (Lipinski definition) is 2. The number of piperidine rings is 1. The average Bonchev–Trinajstić information content (AvgIpc) is 2.50. The van der Waals surface area contributed by atoms with Gasteiger partial charge in [-0.15, -0.1) is 0 Å². The Morgan fingerprint density at radius 3 is 2.15 bits per heavy atom. The van der Waals surface area contributed by atoms with Gasteiger partial charge in [0.05, 0.1) is 0 Å². The highest BCUT2D eigenvalue weighted by molar-refractivity contribution is 5.02. The zero-order valence-corrected chi connectivity index (χ0v) is 14.3. The molecule has 3 atom stereocenters. The van der Waals surface area contributed by atoms with E-state index in [9.17, 15) is 0 Å². The molecule has 1 aliphatic carbocycles. The summed E-state index contributed by atoms with van der Waals surface area (Å²) in [5, 5.41) is 0. The normalized spacial score (nSPS) is 38.9. The molecule has 0 radical (unpaired) electrons. The predicted octanol–water partition coefficient (Wildman–Crippen LogP) is 4.04. The lowest BCUT2D eigenvalue weighted by molar-refractivity contribution is -0.0428. The van der Waals surface area contributed by atoms with Gasteiger partial charge in [0, 0.05) is 12.1 Å². The summed E-state index contributed by atoms with van der Waals surface area (Å²) in [7, 11) is 0. The van der Waals surface area contributed by atoms with Crippen molar-refractivity contribution in [3.8, 4) is 0 Å². The Hall–Kier alpha value is -0.0800. The molecule has 0 amide bonds. The molecule has 3 unspecified atom stereocenters. The Kier molecular flexibility index (Phi) is 5.18. The Morgan fingerprint density at radius 1 is 1.05 bits per heavy atom. The first-order valence-electron chi connectivity index (χ1n) is 8.97. The molecule has 2 aliphatic rings. The van der Waals surface area contributed by atoms with E-state index in [4.69, 9.17) is 5.73 Å². The van der Waals surface area contributed by atoms with E-state index in [2.05, 4.69) is 32.6 Å². The Bertz CT molecular complexity index is 301. The van der Waals surface area contributed by atoms with Crippen LogP contribution in [0, 0.1) is 17.3 Å². The SMILES string of the molecule is CCC1(CC)CCN(C2(CN)CC(C)CCC2C)CC1. The van der Waals surface area contributed by atoms with E-state index < -0.39 is 0 Å². The fraction of sp³-hybridized carbons (Fsp3) is 1.00. The highest BCUT2D eigenvalue weighted by Gasteiger charge is 2.46. The number of likely N-dealkylation sites (tertiary alicyclic amines) is 1. The highest BCUT2D eigenvalue weighted by Crippen LogP contribution is 2.45. The van der Waals surface area contributed by atoms with Crippen LogP contribution in [0.25, 0.3) is 0 Å². The molecule has 118 valence electrons. The fourth-order valence-corrected chi connectivity index (χ4v) is 4.95. The standard InChI is InChI=1S/C18H36N2/c1-5-17(6-2)9-11-20(12-10-17)18(14-19)13-15(3)7-8-16(18)4/h15-16H,5-14,19H2,1-4H3. The van der Waals surface area contributed by atoms with Gasteiger partial charge in [0.15, 0.2) is 0 Å². The summed E-state index contributed by atoms with van der Waals surface area (Å²) in [4.78, 5) is 2.79. The minimum Gasteiger partial charge on any atom is -0.329 e. The lowest BCUT2D eigenvalue weighted by Gasteiger charge is -2.55. The average molecular weight is 280 g/mol. The maximum Gasteiger partial charge on any atom is 0.0359 e. The first kappa shape index (κ1) is 16.3. The van der Waals surface area contributed by atoms with Crippen molar-refractivity contribution < 1.29 is 0 Å². The van der Waals surface area contributed by atoms with Crippen molar-refractivity contribution >= 4 is 0 Å². The first-order chi connectivity index (χ1) is 9.52. The van der Waals surface area contributed by atoms with Crippen LogP contribution in [0.1, 0.15) is 72.6 Å². The summed E-state index contributed by atoms with van der Waals surface area (Å²) in [5.41, 5.74) is 7.23. The molecule has 2 heteroatoms. The van der Waals surface area contributed by atoms with E-state index in [1.807, 2.05) is 0 Å². The molecule has 2 N–H and O–H groups in total. The van der Waals surface area contributed by atoms with E-state index in [0.29, 0.717) is 11.0 Å². The van der Waals surface area contributed by atoms with Crippen LogP contribution in [-0.4, -0.2) is 30.1 Å². The third kappa shape index (κ3) is 2.78. The van der Waals surface area contributed by atoms with E-state index >= 15 is 0 Å². The van der Waals surface area contributed by atoms with Gasteiger partial charge in [0.1, 0.15) is 0 Å². The van der Waals surface area contributed by atoms with Gasteiger partial charge < -0.3 is 5.73 Å². The fourth-order valence-electron chi connectivity index (χ4n) is 4.95. The van der Waals surface area contributed by atoms with Gasteiger partial charge in [-0.2, -0.15) is 0 Å². The van der Waals surface area contributed by atoms with E-state index in [1.54, 1.807) is 0 Å². The number of hydrogen-bond donors (Lipinski definition) is 1. The number of rotatable bonds is 4. The Balaban J connectivity index is 2.10. The lowest BCUT2D eigenvalue weighted by atomic mass is 9.66. The first-order valence-corrected chi connectivity index (χ1v) is 8.97. The van der Waals surface area contributed by atoms with Crippen LogP contribution in [0.15, 0.2) is 0 Å². The maximum absolute atomic E-state index is 6.31. The highest BCUT2D eigenvalue weighted by atomic mass is 15.2. The van der Waals surface area contributed by atoms with E-state index in [1.165, 1.54) is 58.0 Å². The third-order valence-corrected chi connectivity index (χ3v) is 7.02. The third-order valence-electron chi connectivity index (χ3n) is 7.02. The van der Waals surface area contributed by atoms with Crippen molar-refractivity contribution in [3.05, 3.63) is 0 Å². The monoisotopic (exact) mass is 280 g/mol. The second-order valence-corrected chi connectivity index (χ2v) is 7.79. The second-order valence-electron chi connectivity index (χ2n) is 7.79. The Labute approximate surface area is 126 Å². The van der Waals surface area contributed by atoms with Crippen LogP contribution in [0.4, 0.5) is 0 Å². The molecule has 2 nitrogen and oxygen atoms in total. The minimum absolute atomic E-state index is 0.297. The smallest absolute Gasteiger partial charge is 0.0359 e. The zero-order chi connectivity index (χ0) is 14.8. The minimum atomic E-state index is 0.297. The largest absolute Gasteiger partial charge is 0.329 e. The summed E-state index contributed by atoms with van der Waals surface area (Å²) in [6, 6.07) is 0. The van der Waals surface area contributed by atoms with Crippen LogP contribution in [0.3, 0.4) is 0 Å². The van der Waals surface area contributed by atoms with Crippen LogP contribution < -0.4 is 5.73 Å². The van der Waals surface area contributed by atoms with Crippen LogP contribution in [-0.2, 0) is 0 Å². The van der Waals surface area contributed by atoms with Crippen molar-refractivity contribution in [2.45, 2.75) is 78.2 Å². The molecule has 20 heavy (non-hydrogen) atoms. The molecule has 0 aromatic carbocycles. The van der Waals surface area contributed by atoms with Crippen LogP contribution in [0.5, 0.6) is 0 Å². The lowest BCUT2D eigenvalue weighted by Crippen LogP contribution is -2.62. The molecule has 2 rings (SSSR count). The molecule has 0 bridgehead atoms. The van der Waals surface area contributed by atoms with E-state index in [-0.39, 0.29) is 0 Å². The van der Waals surface area contributed by atoms with Crippen molar-refractivity contribution in [2.75, 3.05) is 19.6 Å². The summed E-state index contributed by atoms with van der Waals surface area (Å²) < 4.78 is 0. The molecule has 2 fully saturated rings. The van der Waals surface area contributed by atoms with Gasteiger partial charge in [-0.05, 0) is 56.0 Å². The molecule has 1 saturated carbocycles. The van der Waals surface area contributed by atoms with Crippen LogP contribution in [0.2, 0.25) is 0 Å². The number of nitrogens with two attached hydrogens (primary N) is 1. The van der Waals surface area contributed by atoms with Gasteiger partial charge in [-0.3, -0.25) is 4.90 Å². The quantitative estimate of drug-likeness (QED) is 0.842. The maximum atomic E-state index is 6.31. The van der Waals surface area contributed by atoms with Crippen molar-refractivity contribution in [1.82, 2.24) is 4.90 Å². The van der Waals surface area contributed by atoms with Crippen molar-refractivity contribution in [3.63, 3.8) is 0 Å². The summed E-state index contributed by atoms with van der Waals surface area (Å²) >= 11 is 0. The molecule has 1 saturated heterocycles. The molecule has 0 spiro atoms. The summed E-state index contributed by atoms with van der Waals surface area (Å²) in [6.45, 7) is 13.0. The van der Waals surface area contributed by atoms with Gasteiger partial charge in [0.2, 0.25) is 0 Å². The topological polar surface area (TPSA) is 29.3 Å². The van der Waals surface area contributed by atoms with Crippen LogP contribution >= 0.6 is 0 Å². The summed E-state index contributed by atoms with van der Waals surface area (Å²) in [6.07, 6.45) is 9.52. The molecule has 0 aromatic heterocycles. The zero-order valence-electron chi connectivity index (χ0n) is 14.3. The summed E-state index contributed by atoms with van der Waals surface area (Å²) in [5.74, 6) is 1.61. The van der Waals surface area contributed by atoms with E-state index in [0.717, 1.165) is 18.4 Å².